The number of aromatic nitrogens is 1. The molecule has 0 fully saturated rings. The molecule has 1 atom stereocenters. The Balaban J connectivity index is 2.92. The third-order valence-electron chi connectivity index (χ3n) is 1.61. The Hall–Kier alpha value is -0.410. The number of nitrogens with two attached hydrogens (primary N) is 1. The van der Waals surface area contributed by atoms with Crippen molar-refractivity contribution in [1.82, 2.24) is 4.98 Å². The van der Waals surface area contributed by atoms with Crippen molar-refractivity contribution in [3.8, 4) is 0 Å². The van der Waals surface area contributed by atoms with Gasteiger partial charge in [-0.3, -0.25) is 0 Å². The minimum atomic E-state index is 0.110. The Labute approximate surface area is 77.8 Å². The Kier molecular flexibility index (Phi) is 2.54. The average Bonchev–Trinajstić information content (AvgIpc) is 2.30. The van der Waals surface area contributed by atoms with E-state index in [0.717, 1.165) is 5.01 Å². The highest BCUT2D eigenvalue weighted by Gasteiger charge is 2.18. The van der Waals surface area contributed by atoms with Gasteiger partial charge in [0.2, 0.25) is 0 Å². The molecule has 3 heteroatoms. The largest absolute Gasteiger partial charge is 0.323 e. The molecule has 0 spiro atoms. The van der Waals surface area contributed by atoms with E-state index >= 15 is 0 Å². The van der Waals surface area contributed by atoms with Gasteiger partial charge >= 0.3 is 0 Å². The van der Waals surface area contributed by atoms with Crippen LogP contribution in [0.5, 0.6) is 0 Å². The van der Waals surface area contributed by atoms with Crippen molar-refractivity contribution in [3.05, 3.63) is 16.1 Å². The van der Waals surface area contributed by atoms with Gasteiger partial charge < -0.3 is 5.73 Å². The first-order valence-corrected chi connectivity index (χ1v) is 4.94. The Morgan fingerprint density at radius 3 is 2.33 bits per heavy atom. The third-order valence-corrected chi connectivity index (χ3v) is 3.24. The van der Waals surface area contributed by atoms with E-state index in [1.165, 1.54) is 4.88 Å². The molecule has 0 radical (unpaired) electrons. The molecular formula is C9H16N2S. The fraction of sp³-hybridized carbons (Fsp3) is 0.667. The lowest BCUT2D eigenvalue weighted by Gasteiger charge is -2.13. The SMILES string of the molecule is CC(N)c1cnc(C(C)(C)C)s1. The molecule has 0 aromatic carbocycles. The van der Waals surface area contributed by atoms with Crippen LogP contribution >= 0.6 is 11.3 Å². The van der Waals surface area contributed by atoms with Gasteiger partial charge in [0.15, 0.2) is 0 Å². The quantitative estimate of drug-likeness (QED) is 0.728. The maximum absolute atomic E-state index is 5.74. The summed E-state index contributed by atoms with van der Waals surface area (Å²) < 4.78 is 0. The summed E-state index contributed by atoms with van der Waals surface area (Å²) in [5, 5.41) is 1.16. The molecular weight excluding hydrogens is 168 g/mol. The van der Waals surface area contributed by atoms with Crippen LogP contribution in [0.25, 0.3) is 0 Å². The molecule has 1 aromatic rings. The minimum Gasteiger partial charge on any atom is -0.323 e. The van der Waals surface area contributed by atoms with Crippen LogP contribution in [-0.2, 0) is 5.41 Å². The van der Waals surface area contributed by atoms with Gasteiger partial charge in [0, 0.05) is 22.5 Å². The highest BCUT2D eigenvalue weighted by Crippen LogP contribution is 2.28. The molecule has 0 saturated carbocycles. The summed E-state index contributed by atoms with van der Waals surface area (Å²) in [6.07, 6.45) is 1.88. The van der Waals surface area contributed by atoms with E-state index in [9.17, 15) is 0 Å². The fourth-order valence-corrected chi connectivity index (χ4v) is 1.77. The molecule has 0 aliphatic rings. The summed E-state index contributed by atoms with van der Waals surface area (Å²) >= 11 is 1.71. The van der Waals surface area contributed by atoms with Crippen molar-refractivity contribution >= 4 is 11.3 Å². The first kappa shape index (κ1) is 9.68. The van der Waals surface area contributed by atoms with E-state index < -0.39 is 0 Å². The zero-order valence-corrected chi connectivity index (χ0v) is 8.90. The van der Waals surface area contributed by atoms with Gasteiger partial charge in [0.05, 0.1) is 5.01 Å². The molecule has 0 amide bonds. The van der Waals surface area contributed by atoms with Crippen molar-refractivity contribution in [2.45, 2.75) is 39.2 Å². The van der Waals surface area contributed by atoms with Gasteiger partial charge in [-0.25, -0.2) is 4.98 Å². The Morgan fingerprint density at radius 1 is 1.50 bits per heavy atom. The lowest BCUT2D eigenvalue weighted by molar-refractivity contribution is 0.585. The second kappa shape index (κ2) is 3.15. The van der Waals surface area contributed by atoms with E-state index in [1.54, 1.807) is 11.3 Å². The maximum atomic E-state index is 5.74. The smallest absolute Gasteiger partial charge is 0.0981 e. The van der Waals surface area contributed by atoms with Gasteiger partial charge in [-0.05, 0) is 6.92 Å². The van der Waals surface area contributed by atoms with Crippen LogP contribution in [0.4, 0.5) is 0 Å². The molecule has 12 heavy (non-hydrogen) atoms. The molecule has 1 rings (SSSR count). The number of hydrogen-bond donors (Lipinski definition) is 1. The summed E-state index contributed by atoms with van der Waals surface area (Å²) in [7, 11) is 0. The Bertz CT molecular complexity index is 258. The monoisotopic (exact) mass is 184 g/mol. The van der Waals surface area contributed by atoms with Gasteiger partial charge in [-0.15, -0.1) is 11.3 Å². The topological polar surface area (TPSA) is 38.9 Å². The molecule has 1 heterocycles. The highest BCUT2D eigenvalue weighted by molar-refractivity contribution is 7.11. The van der Waals surface area contributed by atoms with Gasteiger partial charge in [-0.1, -0.05) is 20.8 Å². The van der Waals surface area contributed by atoms with Crippen molar-refractivity contribution in [2.75, 3.05) is 0 Å². The number of rotatable bonds is 1. The zero-order chi connectivity index (χ0) is 9.35. The predicted molar refractivity (Wildman–Crippen MR) is 53.4 cm³/mol. The number of hydrogen-bond acceptors (Lipinski definition) is 3. The number of thiazole rings is 1. The molecule has 2 N–H and O–H groups in total. The second-order valence-corrected chi connectivity index (χ2v) is 5.17. The molecule has 0 bridgehead atoms. The molecule has 0 aliphatic heterocycles. The summed E-state index contributed by atoms with van der Waals surface area (Å²) in [4.78, 5) is 5.51. The summed E-state index contributed by atoms with van der Waals surface area (Å²) in [5.41, 5.74) is 5.89. The molecule has 0 aliphatic carbocycles. The lowest BCUT2D eigenvalue weighted by atomic mass is 9.98. The molecule has 68 valence electrons. The van der Waals surface area contributed by atoms with Crippen LogP contribution in [0.1, 0.15) is 43.6 Å². The summed E-state index contributed by atoms with van der Waals surface area (Å²) in [6, 6.07) is 0.110. The summed E-state index contributed by atoms with van der Waals surface area (Å²) in [6.45, 7) is 8.48. The Morgan fingerprint density at radius 2 is 2.08 bits per heavy atom. The highest BCUT2D eigenvalue weighted by atomic mass is 32.1. The van der Waals surface area contributed by atoms with E-state index in [0.29, 0.717) is 0 Å². The van der Waals surface area contributed by atoms with Gasteiger partial charge in [0.25, 0.3) is 0 Å². The van der Waals surface area contributed by atoms with E-state index in [1.807, 2.05) is 13.1 Å². The van der Waals surface area contributed by atoms with E-state index in [-0.39, 0.29) is 11.5 Å². The minimum absolute atomic E-state index is 0.110. The fourth-order valence-electron chi connectivity index (χ4n) is 0.844. The van der Waals surface area contributed by atoms with Crippen LogP contribution in [-0.4, -0.2) is 4.98 Å². The van der Waals surface area contributed by atoms with Crippen molar-refractivity contribution in [1.29, 1.82) is 0 Å². The van der Waals surface area contributed by atoms with Crippen LogP contribution in [0.3, 0.4) is 0 Å². The zero-order valence-electron chi connectivity index (χ0n) is 8.09. The third kappa shape index (κ3) is 2.05. The second-order valence-electron chi connectivity index (χ2n) is 4.11. The van der Waals surface area contributed by atoms with Crippen LogP contribution in [0.15, 0.2) is 6.20 Å². The summed E-state index contributed by atoms with van der Waals surface area (Å²) in [5.74, 6) is 0. The van der Waals surface area contributed by atoms with Gasteiger partial charge in [-0.2, -0.15) is 0 Å². The molecule has 1 unspecified atom stereocenters. The van der Waals surface area contributed by atoms with Gasteiger partial charge in [0.1, 0.15) is 0 Å². The maximum Gasteiger partial charge on any atom is 0.0981 e. The van der Waals surface area contributed by atoms with Crippen molar-refractivity contribution < 1.29 is 0 Å². The molecule has 1 aromatic heterocycles. The predicted octanol–water partition coefficient (Wildman–Crippen LogP) is 2.46. The lowest BCUT2D eigenvalue weighted by Crippen LogP contribution is -2.09. The van der Waals surface area contributed by atoms with Crippen molar-refractivity contribution in [2.24, 2.45) is 5.73 Å². The van der Waals surface area contributed by atoms with Crippen molar-refractivity contribution in [3.63, 3.8) is 0 Å². The normalized spacial score (nSPS) is 14.8. The van der Waals surface area contributed by atoms with Crippen LogP contribution in [0.2, 0.25) is 0 Å². The van der Waals surface area contributed by atoms with E-state index in [4.69, 9.17) is 5.73 Å². The molecule has 0 saturated heterocycles. The first-order chi connectivity index (χ1) is 5.41. The standard InChI is InChI=1S/C9H16N2S/c1-6(10)7-5-11-8(12-7)9(2,3)4/h5-6H,10H2,1-4H3. The number of nitrogens with zero attached hydrogens (tertiary/aromatic N) is 1. The molecule has 2 nitrogen and oxygen atoms in total. The first-order valence-electron chi connectivity index (χ1n) is 4.13. The van der Waals surface area contributed by atoms with Crippen LogP contribution in [0, 0.1) is 0 Å². The van der Waals surface area contributed by atoms with E-state index in [2.05, 4.69) is 25.8 Å². The average molecular weight is 184 g/mol. The van der Waals surface area contributed by atoms with Crippen LogP contribution < -0.4 is 5.73 Å².